The van der Waals surface area contributed by atoms with Crippen molar-refractivity contribution in [1.29, 1.82) is 5.26 Å². The molecule has 340 valence electrons. The Hall–Kier alpha value is -6.40. The maximum atomic E-state index is 12.6. The molecule has 12 rings (SSSR count). The number of nitrogens with zero attached hydrogens (tertiary/aromatic N) is 10. The van der Waals surface area contributed by atoms with Gasteiger partial charge in [-0.15, -0.1) is 10.2 Å². The zero-order valence-electron chi connectivity index (χ0n) is 37.5. The summed E-state index contributed by atoms with van der Waals surface area (Å²) in [6, 6.07) is 20.9. The Labute approximate surface area is 385 Å². The second kappa shape index (κ2) is 16.2. The highest BCUT2D eigenvalue weighted by atomic mass is 16.3. The average Bonchev–Trinajstić information content (AvgIpc) is 4.05. The van der Waals surface area contributed by atoms with E-state index >= 15 is 0 Å². The van der Waals surface area contributed by atoms with Crippen LogP contribution < -0.4 is 30.7 Å². The van der Waals surface area contributed by atoms with Crippen LogP contribution in [0.5, 0.6) is 5.75 Å². The summed E-state index contributed by atoms with van der Waals surface area (Å²) >= 11 is 0. The average molecular weight is 887 g/mol. The van der Waals surface area contributed by atoms with Gasteiger partial charge in [-0.05, 0) is 143 Å². The number of rotatable bonds is 9. The van der Waals surface area contributed by atoms with Crippen LogP contribution in [0.2, 0.25) is 0 Å². The molecule has 2 bridgehead atoms. The predicted molar refractivity (Wildman–Crippen MR) is 255 cm³/mol. The van der Waals surface area contributed by atoms with Crippen LogP contribution in [-0.4, -0.2) is 106 Å². The van der Waals surface area contributed by atoms with Gasteiger partial charge in [-0.25, -0.2) is 9.78 Å². The number of piperazine rings is 1. The number of phenolic OH excluding ortho intramolecular Hbond substituents is 1. The molecular weight excluding hydrogens is 829 g/mol. The molecule has 5 aromatic rings. The number of nitriles is 1. The maximum absolute atomic E-state index is 12.6. The summed E-state index contributed by atoms with van der Waals surface area (Å²) in [5.74, 6) is 1.57. The Bertz CT molecular complexity index is 2740. The van der Waals surface area contributed by atoms with Crippen LogP contribution in [0.1, 0.15) is 93.7 Å². The first kappa shape index (κ1) is 41.1. The second-order valence-corrected chi connectivity index (χ2v) is 20.4. The first-order chi connectivity index (χ1) is 32.2. The minimum absolute atomic E-state index is 0.168. The molecule has 3 aromatic heterocycles. The van der Waals surface area contributed by atoms with Crippen molar-refractivity contribution in [3.8, 4) is 23.1 Å². The molecule has 66 heavy (non-hydrogen) atoms. The number of fused-ring (bicyclic) bond motifs is 3. The van der Waals surface area contributed by atoms with Gasteiger partial charge in [-0.3, -0.25) is 15.0 Å². The van der Waals surface area contributed by atoms with Crippen molar-refractivity contribution in [2.45, 2.75) is 94.7 Å². The number of aromatic nitrogens is 4. The molecule has 7 aliphatic rings. The molecule has 8 heterocycles. The number of phenols is 1. The highest BCUT2D eigenvalue weighted by Crippen LogP contribution is 2.56. The molecule has 15 nitrogen and oxygen atoms in total. The molecule has 5 saturated heterocycles. The number of nitrogens with one attached hydrogen (secondary N) is 1. The number of aromatic hydroxyl groups is 1. The molecular formula is C51H58N12O3. The molecule has 4 N–H and O–H groups in total. The number of amides is 3. The van der Waals surface area contributed by atoms with Gasteiger partial charge in [0.05, 0.1) is 34.5 Å². The van der Waals surface area contributed by atoms with Crippen molar-refractivity contribution < 1.29 is 14.7 Å². The Morgan fingerprint density at radius 2 is 1.61 bits per heavy atom. The van der Waals surface area contributed by atoms with Crippen molar-refractivity contribution in [2.75, 3.05) is 77.7 Å². The minimum atomic E-state index is -0.364. The van der Waals surface area contributed by atoms with Crippen LogP contribution >= 0.6 is 0 Å². The number of piperidine rings is 2. The van der Waals surface area contributed by atoms with E-state index in [1.165, 1.54) is 49.8 Å². The number of urea groups is 1. The van der Waals surface area contributed by atoms with E-state index in [2.05, 4.69) is 70.1 Å². The maximum Gasteiger partial charge on any atom is 0.328 e. The molecule has 1 spiro atoms. The van der Waals surface area contributed by atoms with Gasteiger partial charge in [-0.2, -0.15) is 5.26 Å². The number of hydrogen-bond acceptors (Lipinski definition) is 12. The van der Waals surface area contributed by atoms with E-state index in [9.17, 15) is 20.0 Å². The topological polar surface area (TPSA) is 176 Å². The Morgan fingerprint density at radius 3 is 2.33 bits per heavy atom. The van der Waals surface area contributed by atoms with E-state index in [1.807, 2.05) is 30.5 Å². The van der Waals surface area contributed by atoms with Crippen LogP contribution in [0.3, 0.4) is 0 Å². The van der Waals surface area contributed by atoms with E-state index in [0.29, 0.717) is 65.4 Å². The molecule has 2 atom stereocenters. The quantitative estimate of drug-likeness (QED) is 0.136. The normalized spacial score (nSPS) is 23.7. The first-order valence-corrected chi connectivity index (χ1v) is 24.3. The lowest BCUT2D eigenvalue weighted by Crippen LogP contribution is -2.54. The van der Waals surface area contributed by atoms with Gasteiger partial charge >= 0.3 is 6.03 Å². The van der Waals surface area contributed by atoms with Gasteiger partial charge in [0.1, 0.15) is 17.5 Å². The minimum Gasteiger partial charge on any atom is -0.507 e. The molecule has 5 aliphatic heterocycles. The summed E-state index contributed by atoms with van der Waals surface area (Å²) < 4.78 is 2.45. The largest absolute Gasteiger partial charge is 0.507 e. The number of para-hydroxylation sites is 1. The Kier molecular flexibility index (Phi) is 10.1. The van der Waals surface area contributed by atoms with Gasteiger partial charge in [0, 0.05) is 86.6 Å². The third-order valence-electron chi connectivity index (χ3n) is 16.4. The van der Waals surface area contributed by atoms with E-state index in [4.69, 9.17) is 10.7 Å². The zero-order chi connectivity index (χ0) is 44.7. The lowest BCUT2D eigenvalue weighted by atomic mass is 9.60. The molecule has 2 saturated carbocycles. The summed E-state index contributed by atoms with van der Waals surface area (Å²) in [4.78, 5) is 41.1. The van der Waals surface area contributed by atoms with Gasteiger partial charge < -0.3 is 35.0 Å². The molecule has 0 radical (unpaired) electrons. The highest BCUT2D eigenvalue weighted by molar-refractivity contribution is 6.06. The number of carbonyl (C=O) groups excluding carboxylic acids is 2. The van der Waals surface area contributed by atoms with Crippen molar-refractivity contribution in [3.63, 3.8) is 0 Å². The van der Waals surface area contributed by atoms with Crippen molar-refractivity contribution in [3.05, 3.63) is 78.1 Å². The fraction of sp³-hybridized carbons (Fsp3) is 0.490. The molecule has 2 unspecified atom stereocenters. The van der Waals surface area contributed by atoms with Crippen LogP contribution in [0.25, 0.3) is 22.3 Å². The summed E-state index contributed by atoms with van der Waals surface area (Å²) in [7, 11) is 0. The summed E-state index contributed by atoms with van der Waals surface area (Å²) in [6.07, 6.45) is 16.2. The third-order valence-corrected chi connectivity index (χ3v) is 16.4. The number of benzene rings is 2. The van der Waals surface area contributed by atoms with Crippen molar-refractivity contribution >= 4 is 51.5 Å². The van der Waals surface area contributed by atoms with Crippen molar-refractivity contribution in [1.82, 2.24) is 30.0 Å². The zero-order valence-corrected chi connectivity index (χ0v) is 37.5. The van der Waals surface area contributed by atoms with Crippen LogP contribution in [0.15, 0.2) is 67.0 Å². The van der Waals surface area contributed by atoms with Gasteiger partial charge in [0.2, 0.25) is 5.91 Å². The number of likely N-dealkylation sites (tertiary alicyclic amines) is 1. The SMILES string of the molecule is N#Cc1ccc(N2C3CCC2CN(c2cc(-c4ccccc4O)nnc2N)C3)cc1N1CCC(CN2CCC3(CC2)CC(n2cc(C4CC4)c4cc(N5CCC(=O)NC5=O)cnc42)C3)CC1. The van der Waals surface area contributed by atoms with Crippen molar-refractivity contribution in [2.24, 2.45) is 11.3 Å². The van der Waals surface area contributed by atoms with E-state index in [-0.39, 0.29) is 17.7 Å². The number of hydrogen-bond donors (Lipinski definition) is 3. The smallest absolute Gasteiger partial charge is 0.328 e. The molecule has 2 aliphatic carbocycles. The molecule has 7 fully saturated rings. The molecule has 15 heteroatoms. The lowest BCUT2D eigenvalue weighted by molar-refractivity contribution is -0.120. The van der Waals surface area contributed by atoms with E-state index in [0.717, 1.165) is 105 Å². The van der Waals surface area contributed by atoms with E-state index < -0.39 is 0 Å². The second-order valence-electron chi connectivity index (χ2n) is 20.4. The van der Waals surface area contributed by atoms with Crippen LogP contribution in [-0.2, 0) is 4.79 Å². The predicted octanol–water partition coefficient (Wildman–Crippen LogP) is 7.17. The standard InChI is InChI=1S/C51H58N12O3/c52-26-34-7-8-35(63-36-9-10-37(63)30-60(29-36)45-23-43(56-57-48(45)53)40-3-1-2-4-46(40)64)22-44(34)59-16-11-32(12-17-59)28-58-19-14-51(15-20-58)24-39(25-51)62-31-42(33-5-6-33)41-21-38(27-54-49(41)62)61-18-13-47(65)55-50(61)66/h1-4,7-8,21-23,27,31-33,36-37,39,64H,5-6,9-20,24-25,28-30H2,(H2,53,57)(H,55,65,66). The number of nitrogen functional groups attached to an aromatic ring is 1. The van der Waals surface area contributed by atoms with Gasteiger partial charge in [-0.1, -0.05) is 12.1 Å². The summed E-state index contributed by atoms with van der Waals surface area (Å²) in [6.45, 7) is 7.40. The molecule has 2 aromatic carbocycles. The summed E-state index contributed by atoms with van der Waals surface area (Å²) in [5, 5.41) is 33.0. The highest BCUT2D eigenvalue weighted by Gasteiger charge is 2.48. The fourth-order valence-corrected chi connectivity index (χ4v) is 12.6. The Balaban J connectivity index is 0.654. The van der Waals surface area contributed by atoms with Gasteiger partial charge in [0.15, 0.2) is 5.82 Å². The monoisotopic (exact) mass is 886 g/mol. The van der Waals surface area contributed by atoms with E-state index in [1.54, 1.807) is 17.0 Å². The van der Waals surface area contributed by atoms with Crippen LogP contribution in [0, 0.1) is 22.7 Å². The number of imide groups is 1. The first-order valence-electron chi connectivity index (χ1n) is 24.3. The number of nitrogens with two attached hydrogens (primary N) is 1. The third kappa shape index (κ3) is 7.34. The fourth-order valence-electron chi connectivity index (χ4n) is 12.6. The number of carbonyl (C=O) groups is 2. The Morgan fingerprint density at radius 1 is 0.833 bits per heavy atom. The number of anilines is 5. The van der Waals surface area contributed by atoms with Gasteiger partial charge in [0.25, 0.3) is 0 Å². The lowest BCUT2D eigenvalue weighted by Gasteiger charge is -2.53. The summed E-state index contributed by atoms with van der Waals surface area (Å²) in [5.41, 5.74) is 15.1. The number of pyridine rings is 1. The molecule has 3 amide bonds. The van der Waals surface area contributed by atoms with Crippen LogP contribution in [0.4, 0.5) is 33.4 Å².